The molecule has 3 aromatic rings. The monoisotopic (exact) mass is 444 g/mol. The van der Waals surface area contributed by atoms with Gasteiger partial charge in [-0.2, -0.15) is 11.8 Å². The molecule has 0 spiro atoms. The summed E-state index contributed by atoms with van der Waals surface area (Å²) in [6.07, 6.45) is 2.39. The number of nitrogens with one attached hydrogen (secondary N) is 1. The average molecular weight is 445 g/mol. The summed E-state index contributed by atoms with van der Waals surface area (Å²) in [6, 6.07) is 11.8. The van der Waals surface area contributed by atoms with Gasteiger partial charge in [0, 0.05) is 36.5 Å². The first-order chi connectivity index (χ1) is 14.7. The van der Waals surface area contributed by atoms with Crippen LogP contribution in [0.15, 0.2) is 42.6 Å². The van der Waals surface area contributed by atoms with Gasteiger partial charge in [-0.1, -0.05) is 18.5 Å². The van der Waals surface area contributed by atoms with Gasteiger partial charge in [0.25, 0.3) is 5.91 Å². The lowest BCUT2D eigenvalue weighted by molar-refractivity contribution is 0.0940. The van der Waals surface area contributed by atoms with Crippen LogP contribution >= 0.6 is 23.4 Å². The van der Waals surface area contributed by atoms with E-state index in [2.05, 4.69) is 27.3 Å². The molecule has 158 valence electrons. The van der Waals surface area contributed by atoms with Crippen LogP contribution in [0.2, 0.25) is 5.02 Å². The number of imidazole rings is 1. The number of aryl methyl sites for hydroxylation is 1. The lowest BCUT2D eigenvalue weighted by Gasteiger charge is -2.28. The van der Waals surface area contributed by atoms with Crippen molar-refractivity contribution in [2.24, 2.45) is 0 Å². The van der Waals surface area contributed by atoms with Gasteiger partial charge in [0.15, 0.2) is 0 Å². The molecule has 0 saturated carbocycles. The number of benzene rings is 1. The number of fused-ring (bicyclic) bond motifs is 1. The molecule has 1 fully saturated rings. The molecular formula is C22H25ClN4O2S. The molecule has 1 aromatic carbocycles. The summed E-state index contributed by atoms with van der Waals surface area (Å²) >= 11 is 8.10. The lowest BCUT2D eigenvalue weighted by atomic mass is 10.2. The molecule has 0 aliphatic carbocycles. The fourth-order valence-electron chi connectivity index (χ4n) is 3.55. The number of hydrogen-bond donors (Lipinski definition) is 1. The van der Waals surface area contributed by atoms with Gasteiger partial charge >= 0.3 is 0 Å². The first-order valence-corrected chi connectivity index (χ1v) is 11.7. The fourth-order valence-corrected chi connectivity index (χ4v) is 4.61. The Hall–Kier alpha value is -2.38. The molecule has 1 N–H and O–H groups in total. The van der Waals surface area contributed by atoms with Crippen LogP contribution in [0.4, 0.5) is 5.69 Å². The Morgan fingerprint density at radius 1 is 1.20 bits per heavy atom. The molecular weight excluding hydrogens is 420 g/mol. The van der Waals surface area contributed by atoms with Crippen molar-refractivity contribution < 1.29 is 9.53 Å². The number of anilines is 1. The molecule has 6 nitrogen and oxygen atoms in total. The Balaban J connectivity index is 1.32. The van der Waals surface area contributed by atoms with Crippen molar-refractivity contribution in [2.75, 3.05) is 42.6 Å². The Morgan fingerprint density at radius 3 is 2.70 bits per heavy atom. The number of aromatic nitrogens is 2. The summed E-state index contributed by atoms with van der Waals surface area (Å²) in [5.74, 6) is 2.98. The smallest absolute Gasteiger partial charge is 0.270 e. The highest BCUT2D eigenvalue weighted by Gasteiger charge is 2.18. The maximum atomic E-state index is 12.8. The second-order valence-corrected chi connectivity index (χ2v) is 8.70. The molecule has 1 aliphatic heterocycles. The van der Waals surface area contributed by atoms with Gasteiger partial charge in [-0.25, -0.2) is 4.98 Å². The molecule has 8 heteroatoms. The zero-order valence-corrected chi connectivity index (χ0v) is 18.5. The number of carbonyl (C=O) groups is 1. The summed E-state index contributed by atoms with van der Waals surface area (Å²) in [6.45, 7) is 4.96. The molecule has 2 aromatic heterocycles. The minimum absolute atomic E-state index is 0.177. The zero-order valence-electron chi connectivity index (χ0n) is 16.9. The first-order valence-electron chi connectivity index (χ1n) is 10.2. The van der Waals surface area contributed by atoms with E-state index in [0.29, 0.717) is 35.9 Å². The minimum atomic E-state index is -0.177. The van der Waals surface area contributed by atoms with Gasteiger partial charge < -0.3 is 15.0 Å². The van der Waals surface area contributed by atoms with Crippen molar-refractivity contribution in [1.82, 2.24) is 14.7 Å². The van der Waals surface area contributed by atoms with Crippen molar-refractivity contribution >= 4 is 40.6 Å². The second kappa shape index (κ2) is 9.62. The fraction of sp³-hybridized carbons (Fsp3) is 0.364. The summed E-state index contributed by atoms with van der Waals surface area (Å²) in [7, 11) is 0. The van der Waals surface area contributed by atoms with Crippen molar-refractivity contribution in [3.05, 3.63) is 59.0 Å². The Bertz CT molecular complexity index is 1020. The van der Waals surface area contributed by atoms with E-state index in [1.165, 1.54) is 17.2 Å². The van der Waals surface area contributed by atoms with Gasteiger partial charge in [-0.05, 0) is 42.8 Å². The van der Waals surface area contributed by atoms with E-state index in [1.807, 2.05) is 36.9 Å². The summed E-state index contributed by atoms with van der Waals surface area (Å²) in [5.41, 5.74) is 3.22. The molecule has 1 amide bonds. The Kier molecular flexibility index (Phi) is 6.69. The number of halogens is 1. The molecule has 0 atom stereocenters. The number of hydrogen-bond acceptors (Lipinski definition) is 5. The topological polar surface area (TPSA) is 58.9 Å². The average Bonchev–Trinajstić information content (AvgIpc) is 3.15. The highest BCUT2D eigenvalue weighted by atomic mass is 35.5. The normalized spacial score (nSPS) is 14.1. The Labute approximate surface area is 185 Å². The van der Waals surface area contributed by atoms with Crippen LogP contribution in [0.3, 0.4) is 0 Å². The van der Waals surface area contributed by atoms with E-state index in [1.54, 1.807) is 16.7 Å². The van der Waals surface area contributed by atoms with Crippen LogP contribution in [0.5, 0.6) is 5.75 Å². The maximum Gasteiger partial charge on any atom is 0.270 e. The van der Waals surface area contributed by atoms with Crippen molar-refractivity contribution in [3.8, 4) is 5.75 Å². The first kappa shape index (κ1) is 20.9. The van der Waals surface area contributed by atoms with Gasteiger partial charge in [0.2, 0.25) is 0 Å². The number of ether oxygens (including phenoxy) is 1. The molecule has 30 heavy (non-hydrogen) atoms. The van der Waals surface area contributed by atoms with Crippen LogP contribution in [0.1, 0.15) is 23.1 Å². The largest absolute Gasteiger partial charge is 0.492 e. The third-order valence-electron chi connectivity index (χ3n) is 5.07. The van der Waals surface area contributed by atoms with Crippen molar-refractivity contribution in [2.45, 2.75) is 13.3 Å². The van der Waals surface area contributed by atoms with Gasteiger partial charge in [0.1, 0.15) is 23.7 Å². The van der Waals surface area contributed by atoms with E-state index in [4.69, 9.17) is 16.3 Å². The van der Waals surface area contributed by atoms with Crippen molar-refractivity contribution in [3.63, 3.8) is 0 Å². The van der Waals surface area contributed by atoms with E-state index in [0.717, 1.165) is 24.5 Å². The SMILES string of the molecule is CCc1nc2ccc(Cl)cn2c1C(=O)NCCOc1ccc(N2CCSCC2)cc1. The zero-order chi connectivity index (χ0) is 20.9. The maximum absolute atomic E-state index is 12.8. The Morgan fingerprint density at radius 2 is 1.97 bits per heavy atom. The number of rotatable bonds is 7. The third-order valence-corrected chi connectivity index (χ3v) is 6.24. The molecule has 1 saturated heterocycles. The van der Waals surface area contributed by atoms with Gasteiger partial charge in [-0.15, -0.1) is 0 Å². The van der Waals surface area contributed by atoms with E-state index in [9.17, 15) is 4.79 Å². The van der Waals surface area contributed by atoms with Crippen LogP contribution in [0, 0.1) is 0 Å². The summed E-state index contributed by atoms with van der Waals surface area (Å²) in [4.78, 5) is 19.7. The van der Waals surface area contributed by atoms with E-state index in [-0.39, 0.29) is 5.91 Å². The van der Waals surface area contributed by atoms with E-state index >= 15 is 0 Å². The highest BCUT2D eigenvalue weighted by Crippen LogP contribution is 2.22. The molecule has 0 radical (unpaired) electrons. The summed E-state index contributed by atoms with van der Waals surface area (Å²) < 4.78 is 7.54. The van der Waals surface area contributed by atoms with Crippen LogP contribution < -0.4 is 15.0 Å². The third kappa shape index (κ3) is 4.68. The summed E-state index contributed by atoms with van der Waals surface area (Å²) in [5, 5.41) is 3.49. The van der Waals surface area contributed by atoms with Gasteiger partial charge in [-0.3, -0.25) is 9.20 Å². The van der Waals surface area contributed by atoms with E-state index < -0.39 is 0 Å². The minimum Gasteiger partial charge on any atom is -0.492 e. The predicted octanol–water partition coefficient (Wildman–Crippen LogP) is 3.91. The molecule has 0 unspecified atom stereocenters. The molecule has 0 bridgehead atoms. The lowest BCUT2D eigenvalue weighted by Crippen LogP contribution is -2.32. The van der Waals surface area contributed by atoms with Gasteiger partial charge in [0.05, 0.1) is 17.3 Å². The van der Waals surface area contributed by atoms with Crippen LogP contribution in [-0.2, 0) is 6.42 Å². The number of amides is 1. The predicted molar refractivity (Wildman–Crippen MR) is 123 cm³/mol. The number of thioether (sulfide) groups is 1. The van der Waals surface area contributed by atoms with Crippen LogP contribution in [0.25, 0.3) is 5.65 Å². The van der Waals surface area contributed by atoms with Crippen LogP contribution in [-0.4, -0.2) is 53.0 Å². The number of pyridine rings is 1. The highest BCUT2D eigenvalue weighted by molar-refractivity contribution is 7.99. The quantitative estimate of drug-likeness (QED) is 0.560. The number of nitrogens with zero attached hydrogens (tertiary/aromatic N) is 3. The number of carbonyl (C=O) groups excluding carboxylic acids is 1. The van der Waals surface area contributed by atoms with Crippen molar-refractivity contribution in [1.29, 1.82) is 0 Å². The molecule has 3 heterocycles. The molecule has 1 aliphatic rings. The second-order valence-electron chi connectivity index (χ2n) is 7.03. The standard InChI is InChI=1S/C22H25ClN4O2S/c1-2-19-21(27-15-16(23)3-8-20(27)25-19)22(28)24-9-12-29-18-6-4-17(5-7-18)26-10-13-30-14-11-26/h3-8,15H,2,9-14H2,1H3,(H,24,28). The molecule has 4 rings (SSSR count).